The smallest absolute Gasteiger partial charge is 0.301 e. The number of ether oxygens (including phenoxy) is 1. The van der Waals surface area contributed by atoms with Gasteiger partial charge in [0.15, 0.2) is 0 Å². The molecule has 1 aromatic carbocycles. The lowest BCUT2D eigenvalue weighted by Gasteiger charge is -2.02. The third kappa shape index (κ3) is 4.88. The summed E-state index contributed by atoms with van der Waals surface area (Å²) in [6, 6.07) is 3.23. The van der Waals surface area contributed by atoms with E-state index in [4.69, 9.17) is 4.74 Å². The van der Waals surface area contributed by atoms with E-state index in [9.17, 15) is 20.2 Å². The van der Waals surface area contributed by atoms with Crippen molar-refractivity contribution in [2.24, 2.45) is 5.10 Å². The number of non-ortho nitro benzene ring substituents is 1. The van der Waals surface area contributed by atoms with Crippen molar-refractivity contribution in [3.63, 3.8) is 0 Å². The minimum Gasteiger partial charge on any atom is -0.372 e. The van der Waals surface area contributed by atoms with Gasteiger partial charge in [0.25, 0.3) is 5.69 Å². The zero-order valence-corrected chi connectivity index (χ0v) is 11.3. The zero-order chi connectivity index (χ0) is 15.8. The molecule has 1 aromatic rings. The van der Waals surface area contributed by atoms with Crippen molar-refractivity contribution in [3.8, 4) is 11.8 Å². The van der Waals surface area contributed by atoms with E-state index in [1.54, 1.807) is 6.92 Å². The van der Waals surface area contributed by atoms with Crippen molar-refractivity contribution in [3.05, 3.63) is 38.4 Å². The van der Waals surface area contributed by atoms with Gasteiger partial charge in [-0.15, -0.1) is 0 Å². The van der Waals surface area contributed by atoms with Crippen LogP contribution in [-0.4, -0.2) is 29.3 Å². The lowest BCUT2D eigenvalue weighted by Crippen LogP contribution is -2.00. The van der Waals surface area contributed by atoms with Crippen LogP contribution < -0.4 is 5.43 Å². The van der Waals surface area contributed by atoms with Gasteiger partial charge in [-0.2, -0.15) is 5.10 Å². The molecular formula is C12H12N4O5. The number of hydrogen-bond acceptors (Lipinski definition) is 7. The van der Waals surface area contributed by atoms with Crippen LogP contribution in [0.4, 0.5) is 17.1 Å². The number of nitro benzene ring substituents is 2. The molecule has 0 aliphatic rings. The largest absolute Gasteiger partial charge is 0.372 e. The average Bonchev–Trinajstić information content (AvgIpc) is 2.45. The Labute approximate surface area is 119 Å². The van der Waals surface area contributed by atoms with Crippen molar-refractivity contribution in [1.82, 2.24) is 0 Å². The molecule has 0 aliphatic heterocycles. The van der Waals surface area contributed by atoms with E-state index < -0.39 is 15.5 Å². The molecule has 0 aromatic heterocycles. The number of nitrogens with zero attached hydrogens (tertiary/aromatic N) is 3. The molecule has 0 radical (unpaired) electrons. The predicted octanol–water partition coefficient (Wildman–Crippen LogP) is 1.94. The number of methoxy groups -OCH3 is 1. The molecule has 9 heteroatoms. The normalized spacial score (nSPS) is 10.5. The van der Waals surface area contributed by atoms with Crippen LogP contribution in [0.2, 0.25) is 0 Å². The molecule has 0 fully saturated rings. The van der Waals surface area contributed by atoms with Crippen LogP contribution in [-0.2, 0) is 4.74 Å². The van der Waals surface area contributed by atoms with Gasteiger partial charge in [-0.1, -0.05) is 5.92 Å². The topological polar surface area (TPSA) is 120 Å². The zero-order valence-electron chi connectivity index (χ0n) is 11.3. The SMILES string of the molecule is COCC#CC(C)=NNc1ccc([N+](=O)[O-])cc1[N+](=O)[O-]. The number of nitrogens with one attached hydrogen (secondary N) is 1. The highest BCUT2D eigenvalue weighted by molar-refractivity contribution is 5.98. The molecule has 9 nitrogen and oxygen atoms in total. The number of hydrazone groups is 1. The van der Waals surface area contributed by atoms with Gasteiger partial charge in [-0.25, -0.2) is 0 Å². The monoisotopic (exact) mass is 292 g/mol. The Morgan fingerprint density at radius 2 is 2.10 bits per heavy atom. The molecule has 1 rings (SSSR count). The number of nitro groups is 2. The molecule has 0 saturated carbocycles. The average molecular weight is 292 g/mol. The van der Waals surface area contributed by atoms with Crippen molar-refractivity contribution in [2.45, 2.75) is 6.92 Å². The highest BCUT2D eigenvalue weighted by Crippen LogP contribution is 2.28. The van der Waals surface area contributed by atoms with Crippen molar-refractivity contribution in [2.75, 3.05) is 19.1 Å². The van der Waals surface area contributed by atoms with Crippen LogP contribution in [0, 0.1) is 32.1 Å². The Morgan fingerprint density at radius 1 is 1.38 bits per heavy atom. The third-order valence-electron chi connectivity index (χ3n) is 2.22. The molecule has 0 amide bonds. The fourth-order valence-electron chi connectivity index (χ4n) is 1.29. The van der Waals surface area contributed by atoms with E-state index in [2.05, 4.69) is 22.4 Å². The van der Waals surface area contributed by atoms with E-state index in [1.807, 2.05) is 0 Å². The molecule has 0 heterocycles. The van der Waals surface area contributed by atoms with Crippen LogP contribution >= 0.6 is 0 Å². The van der Waals surface area contributed by atoms with Gasteiger partial charge in [0.2, 0.25) is 0 Å². The molecule has 1 N–H and O–H groups in total. The maximum Gasteiger partial charge on any atom is 0.301 e. The van der Waals surface area contributed by atoms with Crippen LogP contribution in [0.3, 0.4) is 0 Å². The van der Waals surface area contributed by atoms with Gasteiger partial charge in [0.1, 0.15) is 18.0 Å². The first-order valence-corrected chi connectivity index (χ1v) is 5.66. The molecule has 0 atom stereocenters. The number of benzene rings is 1. The third-order valence-corrected chi connectivity index (χ3v) is 2.22. The molecular weight excluding hydrogens is 280 g/mol. The fourth-order valence-corrected chi connectivity index (χ4v) is 1.29. The standard InChI is InChI=1S/C12H12N4O5/c1-9(4-3-7-21-2)13-14-11-6-5-10(15(17)18)8-12(11)16(19)20/h5-6,8,14H,7H2,1-2H3. The van der Waals surface area contributed by atoms with E-state index in [1.165, 1.54) is 13.2 Å². The van der Waals surface area contributed by atoms with Gasteiger partial charge in [-0.3, -0.25) is 25.7 Å². The Hall–Kier alpha value is -2.99. The Morgan fingerprint density at radius 3 is 2.67 bits per heavy atom. The second kappa shape index (κ2) is 7.56. The van der Waals surface area contributed by atoms with Crippen LogP contribution in [0.1, 0.15) is 6.92 Å². The first kappa shape index (κ1) is 16.1. The summed E-state index contributed by atoms with van der Waals surface area (Å²) in [7, 11) is 1.50. The van der Waals surface area contributed by atoms with Crippen molar-refractivity contribution < 1.29 is 14.6 Å². The minimum atomic E-state index is -0.725. The highest BCUT2D eigenvalue weighted by Gasteiger charge is 2.19. The van der Waals surface area contributed by atoms with E-state index in [0.29, 0.717) is 5.71 Å². The molecule has 110 valence electrons. The van der Waals surface area contributed by atoms with Gasteiger partial charge >= 0.3 is 5.69 Å². The van der Waals surface area contributed by atoms with Gasteiger partial charge in [0.05, 0.1) is 15.9 Å². The van der Waals surface area contributed by atoms with E-state index in [0.717, 1.165) is 12.1 Å². The lowest BCUT2D eigenvalue weighted by molar-refractivity contribution is -0.393. The molecule has 0 unspecified atom stereocenters. The second-order valence-electron chi connectivity index (χ2n) is 3.76. The van der Waals surface area contributed by atoms with Crippen molar-refractivity contribution in [1.29, 1.82) is 0 Å². The summed E-state index contributed by atoms with van der Waals surface area (Å²) in [6.45, 7) is 1.84. The first-order valence-electron chi connectivity index (χ1n) is 5.66. The quantitative estimate of drug-likeness (QED) is 0.383. The van der Waals surface area contributed by atoms with E-state index in [-0.39, 0.29) is 18.0 Å². The number of hydrogen-bond donors (Lipinski definition) is 1. The van der Waals surface area contributed by atoms with Crippen LogP contribution in [0.25, 0.3) is 0 Å². The lowest BCUT2D eigenvalue weighted by atomic mass is 10.2. The molecule has 0 spiro atoms. The molecule has 0 aliphatic carbocycles. The fraction of sp³-hybridized carbons (Fsp3) is 0.250. The summed E-state index contributed by atoms with van der Waals surface area (Å²) in [4.78, 5) is 20.1. The molecule has 0 bridgehead atoms. The van der Waals surface area contributed by atoms with Crippen LogP contribution in [0.5, 0.6) is 0 Å². The summed E-state index contributed by atoms with van der Waals surface area (Å²) in [5.41, 5.74) is 2.09. The number of anilines is 1. The van der Waals surface area contributed by atoms with Gasteiger partial charge in [0, 0.05) is 13.2 Å². The van der Waals surface area contributed by atoms with Gasteiger partial charge in [-0.05, 0) is 18.9 Å². The Bertz CT molecular complexity index is 645. The maximum atomic E-state index is 10.9. The minimum absolute atomic E-state index is 0.0403. The predicted molar refractivity (Wildman–Crippen MR) is 76.1 cm³/mol. The highest BCUT2D eigenvalue weighted by atomic mass is 16.6. The summed E-state index contributed by atoms with van der Waals surface area (Å²) in [6.07, 6.45) is 0. The molecule has 0 saturated heterocycles. The van der Waals surface area contributed by atoms with E-state index >= 15 is 0 Å². The first-order chi connectivity index (χ1) is 9.95. The number of rotatable bonds is 5. The summed E-state index contributed by atoms with van der Waals surface area (Å²) >= 11 is 0. The van der Waals surface area contributed by atoms with Crippen molar-refractivity contribution >= 4 is 22.8 Å². The molecule has 21 heavy (non-hydrogen) atoms. The Balaban J connectivity index is 2.99. The Kier molecular flexibility index (Phi) is 5.79. The maximum absolute atomic E-state index is 10.9. The van der Waals surface area contributed by atoms with Gasteiger partial charge < -0.3 is 4.74 Å². The summed E-state index contributed by atoms with van der Waals surface area (Å²) < 4.78 is 4.74. The summed E-state index contributed by atoms with van der Waals surface area (Å²) in [5.74, 6) is 5.33. The second-order valence-corrected chi connectivity index (χ2v) is 3.76. The van der Waals surface area contributed by atoms with Crippen LogP contribution in [0.15, 0.2) is 23.3 Å². The summed E-state index contributed by atoms with van der Waals surface area (Å²) in [5, 5.41) is 25.4.